The molecule has 2 aromatic rings. The van der Waals surface area contributed by atoms with Crippen LogP contribution in [0.2, 0.25) is 0 Å². The Morgan fingerprint density at radius 3 is 2.34 bits per heavy atom. The van der Waals surface area contributed by atoms with Crippen LogP contribution in [0.1, 0.15) is 35.3 Å². The Labute approximate surface area is 169 Å². The molecule has 1 saturated heterocycles. The number of carbonyl (C=O) groups excluding carboxylic acids is 3. The quantitative estimate of drug-likeness (QED) is 0.553. The highest BCUT2D eigenvalue weighted by molar-refractivity contribution is 6.07. The number of amides is 3. The number of Topliss-reactive ketones (excluding diaryl/α,β-unsaturated/α-hetero) is 1. The van der Waals surface area contributed by atoms with Gasteiger partial charge in [0, 0.05) is 5.56 Å². The largest absolute Gasteiger partial charge is 0.491 e. The van der Waals surface area contributed by atoms with E-state index < -0.39 is 23.6 Å². The summed E-state index contributed by atoms with van der Waals surface area (Å²) in [6.07, 6.45) is -1.06. The van der Waals surface area contributed by atoms with Gasteiger partial charge in [-0.1, -0.05) is 29.8 Å². The van der Waals surface area contributed by atoms with Gasteiger partial charge in [-0.3, -0.25) is 14.5 Å². The standard InChI is InChI=1S/C22H24N2O5/c1-14-4-8-17(9-5-14)22(3)20(27)24(21(28)23-22)12-18(26)13-29-19-10-6-16(7-11-19)15(2)25/h4-11,18,26H,12-13H2,1-3H3,(H,23,28)/t18-,22-/m0/s1. The molecule has 0 unspecified atom stereocenters. The number of nitrogens with zero attached hydrogens (tertiary/aromatic N) is 1. The summed E-state index contributed by atoms with van der Waals surface area (Å²) in [5.74, 6) is 0.0127. The third-order valence-electron chi connectivity index (χ3n) is 5.00. The van der Waals surface area contributed by atoms with Gasteiger partial charge in [-0.05, 0) is 50.6 Å². The molecule has 2 N–H and O–H groups in total. The number of β-amino-alcohol motifs (C(OH)–C–C–N with tert-alkyl or cyclic N) is 1. The number of aliphatic hydroxyl groups excluding tert-OH is 1. The van der Waals surface area contributed by atoms with E-state index in [2.05, 4.69) is 5.32 Å². The van der Waals surface area contributed by atoms with Crippen molar-refractivity contribution in [3.05, 3.63) is 65.2 Å². The van der Waals surface area contributed by atoms with Gasteiger partial charge in [-0.2, -0.15) is 0 Å². The van der Waals surface area contributed by atoms with Gasteiger partial charge in [0.2, 0.25) is 0 Å². The third kappa shape index (κ3) is 4.30. The Hall–Kier alpha value is -3.19. The molecule has 1 aliphatic rings. The monoisotopic (exact) mass is 396 g/mol. The minimum absolute atomic E-state index is 0.0493. The topological polar surface area (TPSA) is 95.9 Å². The molecule has 2 aromatic carbocycles. The van der Waals surface area contributed by atoms with Gasteiger partial charge < -0.3 is 15.2 Å². The van der Waals surface area contributed by atoms with Gasteiger partial charge in [-0.15, -0.1) is 0 Å². The zero-order valence-electron chi connectivity index (χ0n) is 16.6. The van der Waals surface area contributed by atoms with Gasteiger partial charge in [0.25, 0.3) is 5.91 Å². The van der Waals surface area contributed by atoms with Crippen LogP contribution < -0.4 is 10.1 Å². The smallest absolute Gasteiger partial charge is 0.325 e. The second-order valence-electron chi connectivity index (χ2n) is 7.38. The molecular weight excluding hydrogens is 372 g/mol. The Morgan fingerprint density at radius 1 is 1.14 bits per heavy atom. The predicted octanol–water partition coefficient (Wildman–Crippen LogP) is 2.40. The molecule has 1 fully saturated rings. The van der Waals surface area contributed by atoms with E-state index in [0.717, 1.165) is 10.5 Å². The van der Waals surface area contributed by atoms with Crippen LogP contribution in [-0.4, -0.2) is 47.0 Å². The summed E-state index contributed by atoms with van der Waals surface area (Å²) in [5, 5.41) is 13.0. The van der Waals surface area contributed by atoms with Crippen LogP contribution >= 0.6 is 0 Å². The highest BCUT2D eigenvalue weighted by atomic mass is 16.5. The van der Waals surface area contributed by atoms with Crippen molar-refractivity contribution in [2.24, 2.45) is 0 Å². The number of hydrogen-bond acceptors (Lipinski definition) is 5. The number of hydrogen-bond donors (Lipinski definition) is 2. The zero-order chi connectivity index (χ0) is 21.2. The molecule has 7 nitrogen and oxygen atoms in total. The molecule has 1 heterocycles. The van der Waals surface area contributed by atoms with E-state index in [1.807, 2.05) is 19.1 Å². The maximum atomic E-state index is 12.9. The number of urea groups is 1. The first-order valence-corrected chi connectivity index (χ1v) is 9.34. The van der Waals surface area contributed by atoms with Gasteiger partial charge >= 0.3 is 6.03 Å². The van der Waals surface area contributed by atoms with E-state index >= 15 is 0 Å². The average Bonchev–Trinajstić information content (AvgIpc) is 2.91. The second-order valence-corrected chi connectivity index (χ2v) is 7.38. The lowest BCUT2D eigenvalue weighted by molar-refractivity contribution is -0.132. The highest BCUT2D eigenvalue weighted by Gasteiger charge is 2.49. The maximum absolute atomic E-state index is 12.9. The summed E-state index contributed by atoms with van der Waals surface area (Å²) >= 11 is 0. The molecule has 0 aromatic heterocycles. The van der Waals surface area contributed by atoms with Gasteiger partial charge in [0.1, 0.15) is 24.0 Å². The first-order valence-electron chi connectivity index (χ1n) is 9.34. The number of carbonyl (C=O) groups is 3. The maximum Gasteiger partial charge on any atom is 0.325 e. The number of imide groups is 1. The highest BCUT2D eigenvalue weighted by Crippen LogP contribution is 2.29. The van der Waals surface area contributed by atoms with Crippen LogP contribution in [0.5, 0.6) is 5.75 Å². The SMILES string of the molecule is CC(=O)c1ccc(OC[C@@H](O)CN2C(=O)N[C@@](C)(c3ccc(C)cc3)C2=O)cc1. The van der Waals surface area contributed by atoms with E-state index in [-0.39, 0.29) is 18.9 Å². The van der Waals surface area contributed by atoms with Gasteiger partial charge in [0.05, 0.1) is 6.54 Å². The summed E-state index contributed by atoms with van der Waals surface area (Å²) in [4.78, 5) is 37.6. The van der Waals surface area contributed by atoms with Gasteiger partial charge in [0.15, 0.2) is 5.78 Å². The van der Waals surface area contributed by atoms with E-state index in [1.54, 1.807) is 43.3 Å². The number of rotatable bonds is 7. The van der Waals surface area contributed by atoms with Crippen molar-refractivity contribution >= 4 is 17.7 Å². The third-order valence-corrected chi connectivity index (χ3v) is 5.00. The summed E-state index contributed by atoms with van der Waals surface area (Å²) in [7, 11) is 0. The lowest BCUT2D eigenvalue weighted by Crippen LogP contribution is -2.42. The summed E-state index contributed by atoms with van der Waals surface area (Å²) in [6, 6.07) is 13.3. The van der Waals surface area contributed by atoms with E-state index in [9.17, 15) is 19.5 Å². The molecule has 0 bridgehead atoms. The lowest BCUT2D eigenvalue weighted by atomic mass is 9.91. The van der Waals surface area contributed by atoms with Crippen molar-refractivity contribution in [2.45, 2.75) is 32.4 Å². The average molecular weight is 396 g/mol. The minimum Gasteiger partial charge on any atom is -0.491 e. The Balaban J connectivity index is 1.62. The van der Waals surface area contributed by atoms with Crippen LogP contribution in [0, 0.1) is 6.92 Å². The lowest BCUT2D eigenvalue weighted by Gasteiger charge is -2.23. The number of benzene rings is 2. The Morgan fingerprint density at radius 2 is 1.76 bits per heavy atom. The fourth-order valence-corrected chi connectivity index (χ4v) is 3.19. The summed E-state index contributed by atoms with van der Waals surface area (Å²) in [6.45, 7) is 4.78. The fourth-order valence-electron chi connectivity index (χ4n) is 3.19. The molecule has 152 valence electrons. The van der Waals surface area contributed by atoms with Crippen LogP contribution in [0.25, 0.3) is 0 Å². The molecule has 0 radical (unpaired) electrons. The molecule has 3 rings (SSSR count). The van der Waals surface area contributed by atoms with Crippen molar-refractivity contribution in [1.29, 1.82) is 0 Å². The fraction of sp³-hybridized carbons (Fsp3) is 0.318. The van der Waals surface area contributed by atoms with Crippen molar-refractivity contribution < 1.29 is 24.2 Å². The minimum atomic E-state index is -1.17. The molecule has 2 atom stereocenters. The van der Waals surface area contributed by atoms with Crippen LogP contribution in [-0.2, 0) is 10.3 Å². The number of aliphatic hydroxyl groups is 1. The normalized spacial score (nSPS) is 19.8. The molecule has 0 saturated carbocycles. The zero-order valence-corrected chi connectivity index (χ0v) is 16.6. The van der Waals surface area contributed by atoms with Crippen molar-refractivity contribution in [1.82, 2.24) is 10.2 Å². The summed E-state index contributed by atoms with van der Waals surface area (Å²) < 4.78 is 5.50. The molecule has 7 heteroatoms. The number of aryl methyl sites for hydroxylation is 1. The van der Waals surface area contributed by atoms with E-state index in [1.165, 1.54) is 6.92 Å². The van der Waals surface area contributed by atoms with E-state index in [0.29, 0.717) is 16.9 Å². The number of ketones is 1. The Bertz CT molecular complexity index is 923. The number of ether oxygens (including phenoxy) is 1. The molecule has 29 heavy (non-hydrogen) atoms. The van der Waals surface area contributed by atoms with Crippen LogP contribution in [0.3, 0.4) is 0 Å². The van der Waals surface area contributed by atoms with Crippen molar-refractivity contribution in [3.8, 4) is 5.75 Å². The van der Waals surface area contributed by atoms with Crippen LogP contribution in [0.15, 0.2) is 48.5 Å². The first kappa shape index (κ1) is 20.5. The first-order chi connectivity index (χ1) is 13.7. The summed E-state index contributed by atoms with van der Waals surface area (Å²) in [5.41, 5.74) is 1.12. The Kier molecular flexibility index (Phi) is 5.70. The predicted molar refractivity (Wildman–Crippen MR) is 107 cm³/mol. The van der Waals surface area contributed by atoms with Crippen LogP contribution in [0.4, 0.5) is 4.79 Å². The van der Waals surface area contributed by atoms with Crippen molar-refractivity contribution in [2.75, 3.05) is 13.2 Å². The van der Waals surface area contributed by atoms with Crippen molar-refractivity contribution in [3.63, 3.8) is 0 Å². The second kappa shape index (κ2) is 8.05. The van der Waals surface area contributed by atoms with E-state index in [4.69, 9.17) is 4.74 Å². The number of nitrogens with one attached hydrogen (secondary N) is 1. The molecular formula is C22H24N2O5. The van der Waals surface area contributed by atoms with Gasteiger partial charge in [-0.25, -0.2) is 4.79 Å². The molecule has 1 aliphatic heterocycles. The molecule has 3 amide bonds. The molecule has 0 spiro atoms. The molecule has 0 aliphatic carbocycles.